The first-order chi connectivity index (χ1) is 10.8. The van der Waals surface area contributed by atoms with Crippen LogP contribution in [-0.4, -0.2) is 36.3 Å². The molecule has 0 aliphatic rings. The van der Waals surface area contributed by atoms with Gasteiger partial charge in [-0.3, -0.25) is 9.59 Å². The molecule has 1 rings (SSSR count). The SMILES string of the molecule is CCOC(=O)[C@H](CNC(=O)CSC(F)(F)F)Cc1ccccc1. The minimum absolute atomic E-state index is 0.0645. The molecule has 1 N–H and O–H groups in total. The summed E-state index contributed by atoms with van der Waals surface area (Å²) in [4.78, 5) is 23.4. The summed E-state index contributed by atoms with van der Waals surface area (Å²) in [5.74, 6) is -2.63. The van der Waals surface area contributed by atoms with E-state index in [0.717, 1.165) is 5.56 Å². The molecule has 1 amide bonds. The first kappa shape index (κ1) is 19.3. The molecule has 0 heterocycles. The van der Waals surface area contributed by atoms with E-state index in [9.17, 15) is 22.8 Å². The molecule has 0 radical (unpaired) electrons. The van der Waals surface area contributed by atoms with Crippen LogP contribution >= 0.6 is 11.8 Å². The van der Waals surface area contributed by atoms with Crippen molar-refractivity contribution in [1.29, 1.82) is 0 Å². The zero-order valence-corrected chi connectivity index (χ0v) is 13.4. The smallest absolute Gasteiger partial charge is 0.442 e. The maximum atomic E-state index is 12.0. The van der Waals surface area contributed by atoms with Crippen LogP contribution in [0.3, 0.4) is 0 Å². The fraction of sp³-hybridized carbons (Fsp3) is 0.467. The number of halogens is 3. The van der Waals surface area contributed by atoms with Gasteiger partial charge >= 0.3 is 11.5 Å². The van der Waals surface area contributed by atoms with Crippen LogP contribution in [0.15, 0.2) is 30.3 Å². The molecule has 0 saturated heterocycles. The molecule has 8 heteroatoms. The number of alkyl halides is 3. The van der Waals surface area contributed by atoms with E-state index < -0.39 is 40.8 Å². The third kappa shape index (κ3) is 8.49. The zero-order valence-electron chi connectivity index (χ0n) is 12.6. The average molecular weight is 349 g/mol. The van der Waals surface area contributed by atoms with Gasteiger partial charge in [-0.05, 0) is 30.7 Å². The predicted molar refractivity (Wildman–Crippen MR) is 81.8 cm³/mol. The number of amides is 1. The number of hydrogen-bond acceptors (Lipinski definition) is 4. The molecule has 23 heavy (non-hydrogen) atoms. The molecule has 0 aliphatic carbocycles. The lowest BCUT2D eigenvalue weighted by atomic mass is 9.99. The standard InChI is InChI=1S/C15H18F3NO3S/c1-2-22-14(21)12(8-11-6-4-3-5-7-11)9-19-13(20)10-23-15(16,17)18/h3-7,12H,2,8-10H2,1H3,(H,19,20)/t12-/m0/s1. The summed E-state index contributed by atoms with van der Waals surface area (Å²) in [5.41, 5.74) is -3.58. The number of ether oxygens (including phenoxy) is 1. The first-order valence-electron chi connectivity index (χ1n) is 6.99. The Hall–Kier alpha value is -1.70. The number of hydrogen-bond donors (Lipinski definition) is 1. The molecule has 1 aromatic rings. The van der Waals surface area contributed by atoms with Crippen molar-refractivity contribution >= 4 is 23.6 Å². The van der Waals surface area contributed by atoms with Crippen LogP contribution in [0, 0.1) is 5.92 Å². The molecule has 1 aromatic carbocycles. The molecule has 0 aliphatic heterocycles. The van der Waals surface area contributed by atoms with E-state index in [0.29, 0.717) is 6.42 Å². The average Bonchev–Trinajstić information content (AvgIpc) is 2.50. The molecule has 0 unspecified atom stereocenters. The van der Waals surface area contributed by atoms with Gasteiger partial charge in [0.1, 0.15) is 0 Å². The minimum Gasteiger partial charge on any atom is -0.466 e. The largest absolute Gasteiger partial charge is 0.466 e. The van der Waals surface area contributed by atoms with E-state index in [4.69, 9.17) is 4.74 Å². The van der Waals surface area contributed by atoms with E-state index in [-0.39, 0.29) is 13.2 Å². The summed E-state index contributed by atoms with van der Waals surface area (Å²) in [7, 11) is 0. The highest BCUT2D eigenvalue weighted by atomic mass is 32.2. The van der Waals surface area contributed by atoms with Crippen LogP contribution in [0.1, 0.15) is 12.5 Å². The molecule has 0 aromatic heterocycles. The summed E-state index contributed by atoms with van der Waals surface area (Å²) < 4.78 is 41.1. The van der Waals surface area contributed by atoms with Crippen LogP contribution in [0.2, 0.25) is 0 Å². The Morgan fingerprint density at radius 2 is 1.91 bits per heavy atom. The van der Waals surface area contributed by atoms with Crippen molar-refractivity contribution in [3.63, 3.8) is 0 Å². The van der Waals surface area contributed by atoms with Gasteiger partial charge < -0.3 is 10.1 Å². The van der Waals surface area contributed by atoms with E-state index in [1.165, 1.54) is 0 Å². The quantitative estimate of drug-likeness (QED) is 0.734. The molecular formula is C15H18F3NO3S. The van der Waals surface area contributed by atoms with E-state index in [1.54, 1.807) is 6.92 Å². The number of rotatable bonds is 8. The number of benzene rings is 1. The van der Waals surface area contributed by atoms with Crippen LogP contribution < -0.4 is 5.32 Å². The van der Waals surface area contributed by atoms with Crippen LogP contribution in [0.5, 0.6) is 0 Å². The Bertz CT molecular complexity index is 508. The summed E-state index contributed by atoms with van der Waals surface area (Å²) in [6.45, 7) is 1.79. The summed E-state index contributed by atoms with van der Waals surface area (Å²) in [6, 6.07) is 9.12. The monoisotopic (exact) mass is 349 g/mol. The van der Waals surface area contributed by atoms with Gasteiger partial charge in [0.2, 0.25) is 5.91 Å². The van der Waals surface area contributed by atoms with E-state index in [1.807, 2.05) is 30.3 Å². The van der Waals surface area contributed by atoms with Gasteiger partial charge in [0.15, 0.2) is 0 Å². The lowest BCUT2D eigenvalue weighted by Gasteiger charge is -2.16. The minimum atomic E-state index is -4.46. The zero-order chi connectivity index (χ0) is 17.3. The summed E-state index contributed by atoms with van der Waals surface area (Å²) in [6.07, 6.45) is 0.340. The van der Waals surface area contributed by atoms with Gasteiger partial charge in [0.05, 0.1) is 18.3 Å². The van der Waals surface area contributed by atoms with Crippen molar-refractivity contribution in [2.24, 2.45) is 5.92 Å². The third-order valence-electron chi connectivity index (χ3n) is 2.86. The highest BCUT2D eigenvalue weighted by molar-refractivity contribution is 8.00. The molecule has 0 saturated carbocycles. The highest BCUT2D eigenvalue weighted by Gasteiger charge is 2.29. The highest BCUT2D eigenvalue weighted by Crippen LogP contribution is 2.29. The number of carbonyl (C=O) groups is 2. The second kappa shape index (κ2) is 9.44. The van der Waals surface area contributed by atoms with Gasteiger partial charge in [0, 0.05) is 6.54 Å². The van der Waals surface area contributed by atoms with Crippen molar-refractivity contribution in [2.45, 2.75) is 18.9 Å². The van der Waals surface area contributed by atoms with Gasteiger partial charge in [-0.15, -0.1) is 0 Å². The Labute approximate surface area is 136 Å². The second-order valence-corrected chi connectivity index (χ2v) is 5.72. The van der Waals surface area contributed by atoms with Crippen molar-refractivity contribution in [2.75, 3.05) is 18.9 Å². The Kier molecular flexibility index (Phi) is 7.94. The third-order valence-corrected chi connectivity index (χ3v) is 3.59. The molecule has 0 spiro atoms. The molecule has 4 nitrogen and oxygen atoms in total. The number of carbonyl (C=O) groups excluding carboxylic acids is 2. The van der Waals surface area contributed by atoms with Gasteiger partial charge in [-0.2, -0.15) is 13.2 Å². The number of nitrogens with one attached hydrogen (secondary N) is 1. The molecule has 0 fully saturated rings. The second-order valence-electron chi connectivity index (χ2n) is 4.68. The number of esters is 1. The fourth-order valence-corrected chi connectivity index (χ4v) is 2.23. The van der Waals surface area contributed by atoms with Crippen LogP contribution in [0.25, 0.3) is 0 Å². The van der Waals surface area contributed by atoms with Crippen molar-refractivity contribution in [3.05, 3.63) is 35.9 Å². The topological polar surface area (TPSA) is 55.4 Å². The van der Waals surface area contributed by atoms with E-state index in [2.05, 4.69) is 5.32 Å². The lowest BCUT2D eigenvalue weighted by molar-refractivity contribution is -0.147. The Morgan fingerprint density at radius 1 is 1.26 bits per heavy atom. The molecule has 128 valence electrons. The van der Waals surface area contributed by atoms with Gasteiger partial charge in [-0.25, -0.2) is 0 Å². The summed E-state index contributed by atoms with van der Waals surface area (Å²) >= 11 is -0.412. The molecular weight excluding hydrogens is 331 g/mol. The van der Waals surface area contributed by atoms with Crippen LogP contribution in [0.4, 0.5) is 13.2 Å². The first-order valence-corrected chi connectivity index (χ1v) is 7.98. The maximum Gasteiger partial charge on any atom is 0.442 e. The van der Waals surface area contributed by atoms with Crippen molar-refractivity contribution in [3.8, 4) is 0 Å². The lowest BCUT2D eigenvalue weighted by Crippen LogP contribution is -2.36. The molecule has 0 bridgehead atoms. The Balaban J connectivity index is 2.56. The van der Waals surface area contributed by atoms with Gasteiger partial charge in [0.25, 0.3) is 0 Å². The van der Waals surface area contributed by atoms with Crippen molar-refractivity contribution < 1.29 is 27.5 Å². The normalized spacial score (nSPS) is 12.5. The predicted octanol–water partition coefficient (Wildman–Crippen LogP) is 2.78. The van der Waals surface area contributed by atoms with E-state index >= 15 is 0 Å². The molecule has 1 atom stereocenters. The Morgan fingerprint density at radius 3 is 2.48 bits per heavy atom. The fourth-order valence-electron chi connectivity index (χ4n) is 1.83. The summed E-state index contributed by atoms with van der Waals surface area (Å²) in [5, 5.41) is 2.35. The van der Waals surface area contributed by atoms with Crippen molar-refractivity contribution in [1.82, 2.24) is 5.32 Å². The van der Waals surface area contributed by atoms with Gasteiger partial charge in [-0.1, -0.05) is 30.3 Å². The number of thioether (sulfide) groups is 1. The van der Waals surface area contributed by atoms with Crippen LogP contribution in [-0.2, 0) is 20.7 Å². The maximum absolute atomic E-state index is 12.0.